The third-order valence-electron chi connectivity index (χ3n) is 5.50. The SMILES string of the molecule is O=C(NCc1ccccc1)c1coc(CSc2nnc(-c3ccccc3)n2-c2cccc(C(F)(F)F)c2)n1. The highest BCUT2D eigenvalue weighted by atomic mass is 32.2. The van der Waals surface area contributed by atoms with Crippen LogP contribution in [0.3, 0.4) is 0 Å². The molecule has 0 bridgehead atoms. The van der Waals surface area contributed by atoms with Crippen molar-refractivity contribution in [3.63, 3.8) is 0 Å². The van der Waals surface area contributed by atoms with Gasteiger partial charge in [0, 0.05) is 12.1 Å². The molecule has 0 unspecified atom stereocenters. The number of hydrogen-bond donors (Lipinski definition) is 1. The highest BCUT2D eigenvalue weighted by molar-refractivity contribution is 7.98. The standard InChI is InChI=1S/C27H20F3N5O2S/c28-27(29,30)20-12-7-13-21(14-20)35-24(19-10-5-2-6-11-19)33-34-26(35)38-17-23-32-22(16-37-23)25(36)31-15-18-8-3-1-4-9-18/h1-14,16H,15,17H2,(H,31,36). The van der Waals surface area contributed by atoms with Gasteiger partial charge in [-0.2, -0.15) is 13.2 Å². The first-order valence-electron chi connectivity index (χ1n) is 11.5. The van der Waals surface area contributed by atoms with Crippen LogP contribution in [-0.2, 0) is 18.5 Å². The lowest BCUT2D eigenvalue weighted by Gasteiger charge is -2.13. The Morgan fingerprint density at radius 2 is 1.68 bits per heavy atom. The van der Waals surface area contributed by atoms with Crippen molar-refractivity contribution in [3.05, 3.63) is 114 Å². The highest BCUT2D eigenvalue weighted by Gasteiger charge is 2.31. The maximum atomic E-state index is 13.4. The summed E-state index contributed by atoms with van der Waals surface area (Å²) in [5.41, 5.74) is 1.25. The summed E-state index contributed by atoms with van der Waals surface area (Å²) in [6.45, 7) is 0.346. The van der Waals surface area contributed by atoms with E-state index in [2.05, 4.69) is 20.5 Å². The van der Waals surface area contributed by atoms with Crippen molar-refractivity contribution in [3.8, 4) is 17.1 Å². The molecule has 192 valence electrons. The van der Waals surface area contributed by atoms with Crippen molar-refractivity contribution in [1.82, 2.24) is 25.1 Å². The van der Waals surface area contributed by atoms with Crippen molar-refractivity contribution in [2.75, 3.05) is 0 Å². The molecule has 0 saturated heterocycles. The van der Waals surface area contributed by atoms with E-state index >= 15 is 0 Å². The molecule has 1 amide bonds. The molecule has 0 saturated carbocycles. The van der Waals surface area contributed by atoms with E-state index in [1.807, 2.05) is 48.5 Å². The van der Waals surface area contributed by atoms with Gasteiger partial charge in [-0.3, -0.25) is 9.36 Å². The van der Waals surface area contributed by atoms with E-state index in [9.17, 15) is 18.0 Å². The van der Waals surface area contributed by atoms with Gasteiger partial charge < -0.3 is 9.73 Å². The molecule has 3 aromatic carbocycles. The summed E-state index contributed by atoms with van der Waals surface area (Å²) in [4.78, 5) is 16.7. The van der Waals surface area contributed by atoms with Gasteiger partial charge in [-0.25, -0.2) is 4.98 Å². The minimum Gasteiger partial charge on any atom is -0.447 e. The zero-order valence-corrected chi connectivity index (χ0v) is 20.5. The lowest BCUT2D eigenvalue weighted by Crippen LogP contribution is -2.23. The van der Waals surface area contributed by atoms with Gasteiger partial charge in [0.15, 0.2) is 16.7 Å². The summed E-state index contributed by atoms with van der Waals surface area (Å²) in [5, 5.41) is 11.6. The minimum absolute atomic E-state index is 0.126. The summed E-state index contributed by atoms with van der Waals surface area (Å²) in [7, 11) is 0. The number of thioether (sulfide) groups is 1. The van der Waals surface area contributed by atoms with Crippen LogP contribution in [0.25, 0.3) is 17.1 Å². The number of carbonyl (C=O) groups is 1. The Morgan fingerprint density at radius 3 is 2.42 bits per heavy atom. The maximum absolute atomic E-state index is 13.4. The Balaban J connectivity index is 1.36. The minimum atomic E-state index is -4.50. The van der Waals surface area contributed by atoms with Crippen molar-refractivity contribution < 1.29 is 22.4 Å². The molecule has 2 heterocycles. The second-order valence-electron chi connectivity index (χ2n) is 8.14. The molecular formula is C27H20F3N5O2S. The Labute approximate surface area is 219 Å². The van der Waals surface area contributed by atoms with Gasteiger partial charge in [0.25, 0.3) is 5.91 Å². The summed E-state index contributed by atoms with van der Waals surface area (Å²) < 4.78 is 47.3. The van der Waals surface area contributed by atoms with Crippen LogP contribution in [0.1, 0.15) is 27.5 Å². The second-order valence-corrected chi connectivity index (χ2v) is 9.08. The van der Waals surface area contributed by atoms with E-state index in [1.165, 1.54) is 24.1 Å². The van der Waals surface area contributed by atoms with Gasteiger partial charge in [-0.1, -0.05) is 78.5 Å². The number of nitrogens with one attached hydrogen (secondary N) is 1. The number of nitrogens with zero attached hydrogens (tertiary/aromatic N) is 4. The molecule has 38 heavy (non-hydrogen) atoms. The van der Waals surface area contributed by atoms with E-state index in [-0.39, 0.29) is 28.9 Å². The number of halogens is 3. The van der Waals surface area contributed by atoms with Gasteiger partial charge in [-0.15, -0.1) is 10.2 Å². The molecule has 0 spiro atoms. The van der Waals surface area contributed by atoms with Crippen LogP contribution in [0, 0.1) is 0 Å². The first kappa shape index (κ1) is 25.3. The number of rotatable bonds is 8. The van der Waals surface area contributed by atoms with Crippen molar-refractivity contribution in [2.24, 2.45) is 0 Å². The zero-order chi connectivity index (χ0) is 26.5. The van der Waals surface area contributed by atoms with Gasteiger partial charge >= 0.3 is 6.18 Å². The van der Waals surface area contributed by atoms with Crippen LogP contribution >= 0.6 is 11.8 Å². The van der Waals surface area contributed by atoms with E-state index < -0.39 is 11.7 Å². The molecular weight excluding hydrogens is 515 g/mol. The largest absolute Gasteiger partial charge is 0.447 e. The Kier molecular flexibility index (Phi) is 7.27. The van der Waals surface area contributed by atoms with E-state index in [1.54, 1.807) is 22.8 Å². The number of carbonyl (C=O) groups excluding carboxylic acids is 1. The van der Waals surface area contributed by atoms with Crippen LogP contribution in [0.5, 0.6) is 0 Å². The van der Waals surface area contributed by atoms with Crippen LogP contribution in [0.15, 0.2) is 101 Å². The summed E-state index contributed by atoms with van der Waals surface area (Å²) in [5.74, 6) is 0.450. The molecule has 2 aromatic heterocycles. The van der Waals surface area contributed by atoms with Crippen LogP contribution in [0.2, 0.25) is 0 Å². The normalized spacial score (nSPS) is 11.4. The topological polar surface area (TPSA) is 85.8 Å². The van der Waals surface area contributed by atoms with Crippen molar-refractivity contribution in [1.29, 1.82) is 0 Å². The molecule has 0 aliphatic rings. The predicted molar refractivity (Wildman–Crippen MR) is 135 cm³/mol. The smallest absolute Gasteiger partial charge is 0.416 e. The first-order chi connectivity index (χ1) is 18.4. The van der Waals surface area contributed by atoms with Crippen LogP contribution < -0.4 is 5.32 Å². The van der Waals surface area contributed by atoms with Gasteiger partial charge in [0.1, 0.15) is 6.26 Å². The lowest BCUT2D eigenvalue weighted by molar-refractivity contribution is -0.137. The highest BCUT2D eigenvalue weighted by Crippen LogP contribution is 2.34. The summed E-state index contributed by atoms with van der Waals surface area (Å²) in [6, 6.07) is 23.5. The van der Waals surface area contributed by atoms with E-state index in [0.717, 1.165) is 17.7 Å². The fourth-order valence-corrected chi connectivity index (χ4v) is 4.47. The number of hydrogen-bond acceptors (Lipinski definition) is 6. The fourth-order valence-electron chi connectivity index (χ4n) is 3.67. The molecule has 0 fully saturated rings. The molecule has 11 heteroatoms. The molecule has 0 aliphatic heterocycles. The average Bonchev–Trinajstić information content (AvgIpc) is 3.59. The number of alkyl halides is 3. The fraction of sp³-hybridized carbons (Fsp3) is 0.111. The van der Waals surface area contributed by atoms with Gasteiger partial charge in [0.2, 0.25) is 5.89 Å². The lowest BCUT2D eigenvalue weighted by atomic mass is 10.1. The van der Waals surface area contributed by atoms with Crippen molar-refractivity contribution in [2.45, 2.75) is 23.6 Å². The number of oxazole rings is 1. The van der Waals surface area contributed by atoms with E-state index in [0.29, 0.717) is 23.1 Å². The number of aromatic nitrogens is 4. The third-order valence-corrected chi connectivity index (χ3v) is 6.42. The summed E-state index contributed by atoms with van der Waals surface area (Å²) in [6.07, 6.45) is -3.23. The Morgan fingerprint density at radius 1 is 0.947 bits per heavy atom. The Hall–Kier alpha value is -4.38. The quantitative estimate of drug-likeness (QED) is 0.240. The first-order valence-corrected chi connectivity index (χ1v) is 12.4. The molecule has 5 aromatic rings. The molecule has 7 nitrogen and oxygen atoms in total. The number of benzene rings is 3. The molecule has 0 aliphatic carbocycles. The van der Waals surface area contributed by atoms with Gasteiger partial charge in [0.05, 0.1) is 17.0 Å². The molecule has 5 rings (SSSR count). The maximum Gasteiger partial charge on any atom is 0.416 e. The van der Waals surface area contributed by atoms with Gasteiger partial charge in [-0.05, 0) is 23.8 Å². The van der Waals surface area contributed by atoms with Crippen LogP contribution in [-0.4, -0.2) is 25.7 Å². The third kappa shape index (κ3) is 5.78. The average molecular weight is 536 g/mol. The summed E-state index contributed by atoms with van der Waals surface area (Å²) >= 11 is 1.18. The molecule has 0 atom stereocenters. The number of amides is 1. The van der Waals surface area contributed by atoms with Crippen LogP contribution in [0.4, 0.5) is 13.2 Å². The Bertz CT molecular complexity index is 1540. The zero-order valence-electron chi connectivity index (χ0n) is 19.7. The monoisotopic (exact) mass is 535 g/mol. The van der Waals surface area contributed by atoms with Crippen molar-refractivity contribution >= 4 is 17.7 Å². The predicted octanol–water partition coefficient (Wildman–Crippen LogP) is 6.16. The van der Waals surface area contributed by atoms with E-state index in [4.69, 9.17) is 4.42 Å². The molecule has 0 radical (unpaired) electrons. The second kappa shape index (κ2) is 10.9. The molecule has 1 N–H and O–H groups in total.